The van der Waals surface area contributed by atoms with E-state index in [0.717, 1.165) is 5.56 Å². The normalized spacial score (nSPS) is 13.8. The Balaban J connectivity index is 2.71. The van der Waals surface area contributed by atoms with Crippen LogP contribution in [-0.2, 0) is 30.3 Å². The molecule has 0 radical (unpaired) electrons. The molecule has 0 fully saturated rings. The molecular weight excluding hydrogens is 586 g/mol. The largest absolute Gasteiger partial charge is 0.458 e. The fourth-order valence-corrected chi connectivity index (χ4v) is 4.68. The summed E-state index contributed by atoms with van der Waals surface area (Å²) < 4.78 is 11.0. The first-order chi connectivity index (χ1) is 21.3. The van der Waals surface area contributed by atoms with Gasteiger partial charge >= 0.3 is 12.1 Å². The predicted octanol–water partition coefficient (Wildman–Crippen LogP) is 4.68. The van der Waals surface area contributed by atoms with E-state index in [1.165, 1.54) is 4.90 Å². The Kier molecular flexibility index (Phi) is 13.0. The second-order valence-corrected chi connectivity index (χ2v) is 13.7. The highest BCUT2D eigenvalue weighted by atomic mass is 16.6. The lowest BCUT2D eigenvalue weighted by molar-refractivity contribution is -0.159. The number of hydrogen-bond donors (Lipinski definition) is 3. The van der Waals surface area contributed by atoms with Crippen molar-refractivity contribution in [1.82, 2.24) is 15.5 Å². The third kappa shape index (κ3) is 10.9. The quantitative estimate of drug-likeness (QED) is 0.228. The van der Waals surface area contributed by atoms with Crippen LogP contribution in [0.1, 0.15) is 91.5 Å². The highest BCUT2D eigenvalue weighted by Gasteiger charge is 2.44. The molecule has 10 nitrogen and oxygen atoms in total. The fraction of sp³-hybridized carbons (Fsp3) is 0.500. The number of ether oxygens (including phenoxy) is 2. The number of hydrogen-bond acceptors (Lipinski definition) is 7. The molecule has 0 aromatic heterocycles. The minimum absolute atomic E-state index is 0.121. The lowest BCUT2D eigenvalue weighted by atomic mass is 9.90. The van der Waals surface area contributed by atoms with Crippen LogP contribution in [0.15, 0.2) is 54.6 Å². The number of esters is 1. The van der Waals surface area contributed by atoms with Crippen molar-refractivity contribution in [1.29, 1.82) is 0 Å². The molecule has 0 bridgehead atoms. The molecule has 3 amide bonds. The molecule has 46 heavy (non-hydrogen) atoms. The summed E-state index contributed by atoms with van der Waals surface area (Å²) in [7, 11) is 0. The highest BCUT2D eigenvalue weighted by molar-refractivity contribution is 5.94. The zero-order chi connectivity index (χ0) is 34.9. The summed E-state index contributed by atoms with van der Waals surface area (Å²) >= 11 is 0. The number of aliphatic hydroxyl groups is 1. The molecule has 2 aromatic rings. The molecule has 0 spiro atoms. The number of amides is 3. The summed E-state index contributed by atoms with van der Waals surface area (Å²) in [5.74, 6) is 0.500. The third-order valence-electron chi connectivity index (χ3n) is 7.13. The number of nitrogens with zero attached hydrogens (tertiary/aromatic N) is 1. The summed E-state index contributed by atoms with van der Waals surface area (Å²) in [6, 6.07) is 11.9. The van der Waals surface area contributed by atoms with Gasteiger partial charge in [-0.2, -0.15) is 0 Å². The third-order valence-corrected chi connectivity index (χ3v) is 7.13. The van der Waals surface area contributed by atoms with Crippen molar-refractivity contribution >= 4 is 23.9 Å². The van der Waals surface area contributed by atoms with Crippen molar-refractivity contribution in [2.24, 2.45) is 0 Å². The van der Waals surface area contributed by atoms with Gasteiger partial charge in [-0.1, -0.05) is 61.4 Å². The second-order valence-electron chi connectivity index (χ2n) is 13.7. The number of rotatable bonds is 12. The van der Waals surface area contributed by atoms with E-state index in [9.17, 15) is 24.3 Å². The zero-order valence-corrected chi connectivity index (χ0v) is 28.5. The number of alkyl carbamates (subject to hydrolysis) is 1. The number of terminal acetylenes is 1. The van der Waals surface area contributed by atoms with E-state index in [-0.39, 0.29) is 6.42 Å². The van der Waals surface area contributed by atoms with E-state index in [1.54, 1.807) is 79.7 Å². The van der Waals surface area contributed by atoms with Crippen LogP contribution in [-0.4, -0.2) is 69.3 Å². The zero-order valence-electron chi connectivity index (χ0n) is 28.5. The van der Waals surface area contributed by atoms with Crippen molar-refractivity contribution < 1.29 is 33.8 Å². The van der Waals surface area contributed by atoms with E-state index in [1.807, 2.05) is 37.3 Å². The first-order valence-corrected chi connectivity index (χ1v) is 15.4. The van der Waals surface area contributed by atoms with E-state index >= 15 is 0 Å². The molecule has 0 aliphatic rings. The summed E-state index contributed by atoms with van der Waals surface area (Å²) in [5.41, 5.74) is -1.24. The fourth-order valence-electron chi connectivity index (χ4n) is 4.68. The van der Waals surface area contributed by atoms with Gasteiger partial charge in [0.1, 0.15) is 29.3 Å². The van der Waals surface area contributed by atoms with Gasteiger partial charge < -0.3 is 30.1 Å². The maximum Gasteiger partial charge on any atom is 0.408 e. The second kappa shape index (κ2) is 15.8. The van der Waals surface area contributed by atoms with Crippen LogP contribution in [0.4, 0.5) is 4.79 Å². The van der Waals surface area contributed by atoms with Crippen LogP contribution >= 0.6 is 0 Å². The van der Waals surface area contributed by atoms with Crippen molar-refractivity contribution in [3.63, 3.8) is 0 Å². The molecule has 0 saturated carbocycles. The van der Waals surface area contributed by atoms with Crippen molar-refractivity contribution in [2.75, 3.05) is 6.61 Å². The van der Waals surface area contributed by atoms with Gasteiger partial charge in [-0.05, 0) is 79.0 Å². The Hall–Kier alpha value is -4.36. The lowest BCUT2D eigenvalue weighted by Gasteiger charge is -2.45. The first-order valence-electron chi connectivity index (χ1n) is 15.4. The Labute approximate surface area is 273 Å². The van der Waals surface area contributed by atoms with Crippen molar-refractivity contribution in [3.8, 4) is 12.3 Å². The summed E-state index contributed by atoms with van der Waals surface area (Å²) in [4.78, 5) is 56.4. The van der Waals surface area contributed by atoms with Gasteiger partial charge in [-0.15, -0.1) is 6.42 Å². The van der Waals surface area contributed by atoms with Gasteiger partial charge in [-0.25, -0.2) is 9.59 Å². The van der Waals surface area contributed by atoms with Crippen LogP contribution in [0.2, 0.25) is 0 Å². The molecule has 0 aliphatic heterocycles. The summed E-state index contributed by atoms with van der Waals surface area (Å²) in [6.07, 6.45) is 5.46. The monoisotopic (exact) mass is 635 g/mol. The summed E-state index contributed by atoms with van der Waals surface area (Å²) in [6.45, 7) is 14.8. The number of carbonyl (C=O) groups excluding carboxylic acids is 4. The van der Waals surface area contributed by atoms with Crippen molar-refractivity contribution in [2.45, 2.75) is 110 Å². The minimum Gasteiger partial charge on any atom is -0.458 e. The van der Waals surface area contributed by atoms with E-state index in [0.29, 0.717) is 17.5 Å². The first kappa shape index (κ1) is 37.8. The van der Waals surface area contributed by atoms with Gasteiger partial charge in [0.25, 0.3) is 0 Å². The number of nitrogens with one attached hydrogen (secondary N) is 2. The molecular formula is C36H49N3O7. The number of aliphatic hydroxyl groups excluding tert-OH is 1. The van der Waals surface area contributed by atoms with Gasteiger partial charge in [0.05, 0.1) is 6.61 Å². The van der Waals surface area contributed by atoms with Crippen LogP contribution < -0.4 is 10.6 Å². The van der Waals surface area contributed by atoms with Crippen LogP contribution in [0.3, 0.4) is 0 Å². The Morgan fingerprint density at radius 3 is 1.93 bits per heavy atom. The molecule has 2 rings (SSSR count). The SMILES string of the molecule is C#Cc1ccccc1C(C(=O)NC(Cc1ccccc1)C(=O)OC(C)(C)C)N(C(=O)C(CO)NC(=O)OC(C)(C)C)C(C)(C)CC. The Bertz CT molecular complexity index is 1400. The molecule has 0 saturated heterocycles. The van der Waals surface area contributed by atoms with Crippen molar-refractivity contribution in [3.05, 3.63) is 71.3 Å². The molecule has 3 atom stereocenters. The number of carbonyl (C=O) groups is 4. The topological polar surface area (TPSA) is 134 Å². The smallest absolute Gasteiger partial charge is 0.408 e. The standard InChI is InChI=1S/C36H49N3O7/c1-11-25-20-16-17-21-26(25)29(30(41)37-27(32(43)45-34(3,4)5)22-24-18-14-13-15-19-24)39(36(9,10)12-2)31(42)28(23-40)38-33(44)46-35(6,7)8/h1,13-21,27-29,40H,12,22-23H2,2-10H3,(H,37,41)(H,38,44). The van der Waals surface area contributed by atoms with E-state index < -0.39 is 65.4 Å². The Morgan fingerprint density at radius 2 is 1.41 bits per heavy atom. The lowest BCUT2D eigenvalue weighted by Crippen LogP contribution is -2.61. The number of benzene rings is 2. The Morgan fingerprint density at radius 1 is 0.848 bits per heavy atom. The van der Waals surface area contributed by atoms with Crippen LogP contribution in [0.25, 0.3) is 0 Å². The van der Waals surface area contributed by atoms with E-state index in [2.05, 4.69) is 16.6 Å². The maximum absolute atomic E-state index is 14.6. The maximum atomic E-state index is 14.6. The average Bonchev–Trinajstić information content (AvgIpc) is 2.96. The predicted molar refractivity (Wildman–Crippen MR) is 176 cm³/mol. The van der Waals surface area contributed by atoms with Gasteiger partial charge in [0, 0.05) is 17.5 Å². The van der Waals surface area contributed by atoms with Crippen LogP contribution in [0.5, 0.6) is 0 Å². The molecule has 250 valence electrons. The van der Waals surface area contributed by atoms with Gasteiger partial charge in [-0.3, -0.25) is 9.59 Å². The average molecular weight is 636 g/mol. The highest BCUT2D eigenvalue weighted by Crippen LogP contribution is 2.34. The molecule has 0 aliphatic carbocycles. The summed E-state index contributed by atoms with van der Waals surface area (Å²) in [5, 5.41) is 15.6. The minimum atomic E-state index is -1.46. The molecule has 0 heterocycles. The molecule has 3 N–H and O–H groups in total. The van der Waals surface area contributed by atoms with E-state index in [4.69, 9.17) is 15.9 Å². The van der Waals surface area contributed by atoms with Gasteiger partial charge in [0.15, 0.2) is 0 Å². The van der Waals surface area contributed by atoms with Crippen LogP contribution in [0, 0.1) is 12.3 Å². The van der Waals surface area contributed by atoms with Gasteiger partial charge in [0.2, 0.25) is 11.8 Å². The molecule has 2 aromatic carbocycles. The molecule has 3 unspecified atom stereocenters. The molecule has 10 heteroatoms.